The highest BCUT2D eigenvalue weighted by Gasteiger charge is 2.18. The van der Waals surface area contributed by atoms with E-state index in [2.05, 4.69) is 4.98 Å². The Balaban J connectivity index is 2.99. The van der Waals surface area contributed by atoms with Crippen molar-refractivity contribution in [2.45, 2.75) is 30.5 Å². The molecule has 0 aliphatic heterocycles. The normalized spacial score (nSPS) is 11.7. The number of hydrogen-bond acceptors (Lipinski definition) is 3. The molecule has 1 aromatic rings. The zero-order chi connectivity index (χ0) is 12.9. The number of halogens is 2. The summed E-state index contributed by atoms with van der Waals surface area (Å²) in [5.41, 5.74) is 1.26. The van der Waals surface area contributed by atoms with Crippen LogP contribution in [0.1, 0.15) is 24.1 Å². The summed E-state index contributed by atoms with van der Waals surface area (Å²) in [5, 5.41) is 0. The van der Waals surface area contributed by atoms with E-state index in [1.807, 2.05) is 0 Å². The highest BCUT2D eigenvalue weighted by atomic mass is 35.5. The molecule has 1 aromatic heterocycles. The molecular formula is C11H15Cl2NO2S. The van der Waals surface area contributed by atoms with E-state index < -0.39 is 9.84 Å². The maximum absolute atomic E-state index is 12.1. The van der Waals surface area contributed by atoms with E-state index in [4.69, 9.17) is 23.2 Å². The minimum absolute atomic E-state index is 0.117. The van der Waals surface area contributed by atoms with Crippen LogP contribution in [0, 0.1) is 6.92 Å². The van der Waals surface area contributed by atoms with Crippen LogP contribution in [0.25, 0.3) is 0 Å². The summed E-state index contributed by atoms with van der Waals surface area (Å²) in [6.45, 7) is 1.74. The topological polar surface area (TPSA) is 47.0 Å². The highest BCUT2D eigenvalue weighted by Crippen LogP contribution is 2.20. The number of rotatable bonds is 6. The maximum atomic E-state index is 12.1. The lowest BCUT2D eigenvalue weighted by Gasteiger charge is -2.09. The molecule has 0 aliphatic rings. The second kappa shape index (κ2) is 6.57. The van der Waals surface area contributed by atoms with Crippen molar-refractivity contribution in [3.05, 3.63) is 23.5 Å². The molecule has 96 valence electrons. The predicted molar refractivity (Wildman–Crippen MR) is 70.5 cm³/mol. The average molecular weight is 296 g/mol. The Kier molecular flexibility index (Phi) is 5.70. The summed E-state index contributed by atoms with van der Waals surface area (Å²) in [7, 11) is -3.25. The van der Waals surface area contributed by atoms with Gasteiger partial charge in [0, 0.05) is 12.1 Å². The van der Waals surface area contributed by atoms with Crippen molar-refractivity contribution in [1.29, 1.82) is 0 Å². The first-order valence-corrected chi connectivity index (χ1v) is 8.04. The van der Waals surface area contributed by atoms with Crippen molar-refractivity contribution in [3.8, 4) is 0 Å². The van der Waals surface area contributed by atoms with Gasteiger partial charge in [0.1, 0.15) is 0 Å². The van der Waals surface area contributed by atoms with Crippen molar-refractivity contribution in [1.82, 2.24) is 4.98 Å². The fourth-order valence-electron chi connectivity index (χ4n) is 1.53. The smallest absolute Gasteiger partial charge is 0.178 e. The summed E-state index contributed by atoms with van der Waals surface area (Å²) in [6, 6.07) is 1.53. The van der Waals surface area contributed by atoms with E-state index in [1.165, 1.54) is 12.3 Å². The molecule has 0 unspecified atom stereocenters. The van der Waals surface area contributed by atoms with Crippen LogP contribution in [0.3, 0.4) is 0 Å². The van der Waals surface area contributed by atoms with E-state index in [1.54, 1.807) is 6.92 Å². The fraction of sp³-hybridized carbons (Fsp3) is 0.545. The van der Waals surface area contributed by atoms with E-state index in [-0.39, 0.29) is 11.6 Å². The van der Waals surface area contributed by atoms with E-state index in [0.717, 1.165) is 0 Å². The van der Waals surface area contributed by atoms with Gasteiger partial charge >= 0.3 is 0 Å². The van der Waals surface area contributed by atoms with E-state index in [9.17, 15) is 8.42 Å². The minimum Gasteiger partial charge on any atom is -0.260 e. The second-order valence-corrected chi connectivity index (χ2v) is 6.45. The van der Waals surface area contributed by atoms with E-state index >= 15 is 0 Å². The zero-order valence-corrected chi connectivity index (χ0v) is 11.9. The number of pyridine rings is 1. The summed E-state index contributed by atoms with van der Waals surface area (Å²) in [6.07, 6.45) is 2.76. The van der Waals surface area contributed by atoms with Crippen LogP contribution in [-0.4, -0.2) is 25.0 Å². The van der Waals surface area contributed by atoms with Crippen LogP contribution in [0.15, 0.2) is 17.2 Å². The standard InChI is InChI=1S/C11H15Cl2NO2S/c1-9-10(8-13)14-6-4-11(9)17(15,16)7-3-2-5-12/h4,6H,2-3,5,7-8H2,1H3. The van der Waals surface area contributed by atoms with Gasteiger partial charge in [0.25, 0.3) is 0 Å². The first-order valence-electron chi connectivity index (χ1n) is 5.32. The van der Waals surface area contributed by atoms with Crippen molar-refractivity contribution in [2.75, 3.05) is 11.6 Å². The van der Waals surface area contributed by atoms with Crippen LogP contribution in [0.2, 0.25) is 0 Å². The molecule has 0 fully saturated rings. The Morgan fingerprint density at radius 1 is 1.29 bits per heavy atom. The molecular weight excluding hydrogens is 281 g/mol. The average Bonchev–Trinajstić information content (AvgIpc) is 2.29. The molecule has 1 rings (SSSR count). The molecule has 0 saturated heterocycles. The molecule has 0 aromatic carbocycles. The molecule has 0 aliphatic carbocycles. The van der Waals surface area contributed by atoms with Gasteiger partial charge in [0.15, 0.2) is 9.84 Å². The molecule has 0 amide bonds. The first kappa shape index (κ1) is 14.7. The van der Waals surface area contributed by atoms with Gasteiger partial charge in [-0.2, -0.15) is 0 Å². The van der Waals surface area contributed by atoms with Crippen molar-refractivity contribution < 1.29 is 8.42 Å². The summed E-state index contributed by atoms with van der Waals surface area (Å²) < 4.78 is 24.2. The zero-order valence-electron chi connectivity index (χ0n) is 9.62. The number of unbranched alkanes of at least 4 members (excludes halogenated alkanes) is 1. The van der Waals surface area contributed by atoms with Gasteiger partial charge in [0.2, 0.25) is 0 Å². The maximum Gasteiger partial charge on any atom is 0.178 e. The molecule has 6 heteroatoms. The third-order valence-corrected chi connectivity index (χ3v) is 4.98. The largest absolute Gasteiger partial charge is 0.260 e. The van der Waals surface area contributed by atoms with Gasteiger partial charge in [-0.05, 0) is 31.4 Å². The Labute approximate surface area is 112 Å². The van der Waals surface area contributed by atoms with Gasteiger partial charge < -0.3 is 0 Å². The summed E-state index contributed by atoms with van der Waals surface area (Å²) in [4.78, 5) is 4.38. The van der Waals surface area contributed by atoms with Gasteiger partial charge in [-0.3, -0.25) is 4.98 Å². The summed E-state index contributed by atoms with van der Waals surface area (Å²) in [5.74, 6) is 0.820. The third-order valence-electron chi connectivity index (χ3n) is 2.52. The predicted octanol–water partition coefficient (Wildman–Crippen LogP) is 2.92. The molecule has 17 heavy (non-hydrogen) atoms. The minimum atomic E-state index is -3.25. The van der Waals surface area contributed by atoms with Gasteiger partial charge in [-0.1, -0.05) is 0 Å². The van der Waals surface area contributed by atoms with Crippen LogP contribution in [-0.2, 0) is 15.7 Å². The lowest BCUT2D eigenvalue weighted by Crippen LogP contribution is -2.10. The first-order chi connectivity index (χ1) is 8.03. The van der Waals surface area contributed by atoms with Crippen molar-refractivity contribution in [2.24, 2.45) is 0 Å². The Hall–Kier alpha value is -0.320. The molecule has 0 spiro atoms. The molecule has 0 atom stereocenters. The summed E-state index contributed by atoms with van der Waals surface area (Å²) >= 11 is 11.2. The molecule has 0 radical (unpaired) electrons. The molecule has 0 bridgehead atoms. The quantitative estimate of drug-likeness (QED) is 0.599. The van der Waals surface area contributed by atoms with Crippen LogP contribution in [0.5, 0.6) is 0 Å². The molecule has 1 heterocycles. The molecule has 0 N–H and O–H groups in total. The van der Waals surface area contributed by atoms with Gasteiger partial charge in [0.05, 0.1) is 22.2 Å². The fourth-order valence-corrected chi connectivity index (χ4v) is 3.64. The third kappa shape index (κ3) is 3.83. The second-order valence-electron chi connectivity index (χ2n) is 3.73. The lowest BCUT2D eigenvalue weighted by molar-refractivity contribution is 0.592. The van der Waals surface area contributed by atoms with Crippen LogP contribution < -0.4 is 0 Å². The molecule has 0 saturated carbocycles. The SMILES string of the molecule is Cc1c(S(=O)(=O)CCCCCl)ccnc1CCl. The van der Waals surface area contributed by atoms with Crippen LogP contribution in [0.4, 0.5) is 0 Å². The van der Waals surface area contributed by atoms with E-state index in [0.29, 0.717) is 34.9 Å². The highest BCUT2D eigenvalue weighted by molar-refractivity contribution is 7.91. The number of sulfone groups is 1. The van der Waals surface area contributed by atoms with Gasteiger partial charge in [-0.15, -0.1) is 23.2 Å². The lowest BCUT2D eigenvalue weighted by atomic mass is 10.2. The monoisotopic (exact) mass is 295 g/mol. The van der Waals surface area contributed by atoms with Gasteiger partial charge in [-0.25, -0.2) is 8.42 Å². The Bertz CT molecular complexity index is 474. The number of aromatic nitrogens is 1. The Morgan fingerprint density at radius 3 is 2.59 bits per heavy atom. The Morgan fingerprint density at radius 2 is 2.00 bits per heavy atom. The van der Waals surface area contributed by atoms with Crippen molar-refractivity contribution in [3.63, 3.8) is 0 Å². The number of alkyl halides is 2. The molecule has 3 nitrogen and oxygen atoms in total. The number of nitrogens with zero attached hydrogens (tertiary/aromatic N) is 1. The van der Waals surface area contributed by atoms with Crippen molar-refractivity contribution >= 4 is 33.0 Å². The number of hydrogen-bond donors (Lipinski definition) is 0. The van der Waals surface area contributed by atoms with Crippen LogP contribution >= 0.6 is 23.2 Å².